The van der Waals surface area contributed by atoms with E-state index in [4.69, 9.17) is 32.7 Å². The first kappa shape index (κ1) is 30.2. The zero-order chi connectivity index (χ0) is 29.7. The Balaban J connectivity index is 1.38. The van der Waals surface area contributed by atoms with E-state index in [2.05, 4.69) is 22.8 Å². The van der Waals surface area contributed by atoms with Crippen molar-refractivity contribution in [3.8, 4) is 11.5 Å². The molecule has 0 radical (unpaired) electrons. The van der Waals surface area contributed by atoms with E-state index in [0.717, 1.165) is 37.1 Å². The summed E-state index contributed by atoms with van der Waals surface area (Å²) in [6.45, 7) is 3.06. The Morgan fingerprint density at radius 2 is 1.67 bits per heavy atom. The normalized spacial score (nSPS) is 19.8. The number of nitrogens with one attached hydrogen (secondary N) is 2. The maximum Gasteiger partial charge on any atom is 0.257 e. The fourth-order valence-corrected chi connectivity index (χ4v) is 6.75. The van der Waals surface area contributed by atoms with Crippen molar-refractivity contribution in [1.82, 2.24) is 15.5 Å². The van der Waals surface area contributed by atoms with Gasteiger partial charge in [0.05, 0.1) is 35.2 Å². The van der Waals surface area contributed by atoms with Crippen LogP contribution in [0.4, 0.5) is 0 Å². The highest BCUT2D eigenvalue weighted by Crippen LogP contribution is 2.41. The Morgan fingerprint density at radius 3 is 2.36 bits per heavy atom. The minimum absolute atomic E-state index is 0.0477. The van der Waals surface area contributed by atoms with Crippen LogP contribution in [-0.2, 0) is 15.6 Å². The fourth-order valence-electron chi connectivity index (χ4n) is 6.45. The van der Waals surface area contributed by atoms with Crippen LogP contribution in [0.15, 0.2) is 66.7 Å². The average Bonchev–Trinajstić information content (AvgIpc) is 3.47. The topological polar surface area (TPSA) is 79.9 Å². The van der Waals surface area contributed by atoms with Crippen LogP contribution in [-0.4, -0.2) is 63.7 Å². The quantitative estimate of drug-likeness (QED) is 0.329. The van der Waals surface area contributed by atoms with Gasteiger partial charge in [-0.15, -0.1) is 0 Å². The standard InChI is InChI=1S/C33H37Cl2N3O4/c1-41-25-9-11-29(42-2)26(21-25)30(39)38-19-15-32(22-38,24-8-10-27(34)28(35)20-24)12-18-37-31(40)33(13-16-36-17-14-33)23-6-4-3-5-7-23/h3-11,20-21,36H,12-19,22H2,1-2H3,(H,37,40). The Labute approximate surface area is 257 Å². The van der Waals surface area contributed by atoms with Crippen molar-refractivity contribution < 1.29 is 19.1 Å². The molecule has 1 atom stereocenters. The van der Waals surface area contributed by atoms with Gasteiger partial charge in [-0.25, -0.2) is 0 Å². The second kappa shape index (κ2) is 12.9. The number of likely N-dealkylation sites (tertiary alicyclic amines) is 1. The molecule has 2 fully saturated rings. The number of rotatable bonds is 9. The molecule has 0 aliphatic carbocycles. The molecule has 2 aliphatic heterocycles. The van der Waals surface area contributed by atoms with Crippen molar-refractivity contribution >= 4 is 35.0 Å². The molecule has 0 spiro atoms. The molecule has 222 valence electrons. The summed E-state index contributed by atoms with van der Waals surface area (Å²) in [5, 5.41) is 7.62. The summed E-state index contributed by atoms with van der Waals surface area (Å²) in [6.07, 6.45) is 2.84. The number of ether oxygens (including phenoxy) is 2. The third kappa shape index (κ3) is 5.96. The van der Waals surface area contributed by atoms with Gasteiger partial charge in [0, 0.05) is 25.0 Å². The number of nitrogens with zero attached hydrogens (tertiary/aromatic N) is 1. The van der Waals surface area contributed by atoms with Crippen LogP contribution in [0.1, 0.15) is 47.2 Å². The summed E-state index contributed by atoms with van der Waals surface area (Å²) in [4.78, 5) is 29.5. The van der Waals surface area contributed by atoms with Gasteiger partial charge in [0.2, 0.25) is 5.91 Å². The number of hydrogen-bond acceptors (Lipinski definition) is 5. The molecule has 2 N–H and O–H groups in total. The lowest BCUT2D eigenvalue weighted by molar-refractivity contribution is -0.127. The second-order valence-corrected chi connectivity index (χ2v) is 12.0. The molecule has 0 saturated carbocycles. The summed E-state index contributed by atoms with van der Waals surface area (Å²) in [7, 11) is 3.12. The van der Waals surface area contributed by atoms with Crippen molar-refractivity contribution in [1.29, 1.82) is 0 Å². The molecule has 1 unspecified atom stereocenters. The van der Waals surface area contributed by atoms with E-state index in [1.807, 2.05) is 35.2 Å². The predicted molar refractivity (Wildman–Crippen MR) is 166 cm³/mol. The zero-order valence-electron chi connectivity index (χ0n) is 24.1. The first-order chi connectivity index (χ1) is 20.3. The molecule has 0 aromatic heterocycles. The van der Waals surface area contributed by atoms with Crippen LogP contribution < -0.4 is 20.1 Å². The summed E-state index contributed by atoms with van der Waals surface area (Å²) in [5.74, 6) is 0.997. The Hall–Kier alpha value is -3.26. The molecule has 7 nitrogen and oxygen atoms in total. The number of benzene rings is 3. The third-order valence-electron chi connectivity index (χ3n) is 8.92. The van der Waals surface area contributed by atoms with Crippen molar-refractivity contribution in [3.05, 3.63) is 93.5 Å². The smallest absolute Gasteiger partial charge is 0.257 e. The minimum atomic E-state index is -0.566. The Bertz CT molecular complexity index is 1430. The lowest BCUT2D eigenvalue weighted by Gasteiger charge is -2.37. The maximum atomic E-state index is 13.9. The zero-order valence-corrected chi connectivity index (χ0v) is 25.6. The van der Waals surface area contributed by atoms with Crippen LogP contribution in [0.5, 0.6) is 11.5 Å². The molecule has 5 rings (SSSR count). The number of halogens is 2. The van der Waals surface area contributed by atoms with E-state index in [-0.39, 0.29) is 11.8 Å². The van der Waals surface area contributed by atoms with Gasteiger partial charge < -0.3 is 25.0 Å². The monoisotopic (exact) mass is 609 g/mol. The minimum Gasteiger partial charge on any atom is -0.497 e. The highest BCUT2D eigenvalue weighted by atomic mass is 35.5. The molecule has 2 heterocycles. The maximum absolute atomic E-state index is 13.9. The summed E-state index contributed by atoms with van der Waals surface area (Å²) < 4.78 is 10.9. The highest BCUT2D eigenvalue weighted by molar-refractivity contribution is 6.42. The van der Waals surface area contributed by atoms with E-state index in [0.29, 0.717) is 59.6 Å². The first-order valence-corrected chi connectivity index (χ1v) is 15.1. The van der Waals surface area contributed by atoms with Gasteiger partial charge in [-0.2, -0.15) is 0 Å². The van der Waals surface area contributed by atoms with E-state index < -0.39 is 10.8 Å². The average molecular weight is 611 g/mol. The third-order valence-corrected chi connectivity index (χ3v) is 9.66. The molecule has 2 aliphatic rings. The highest BCUT2D eigenvalue weighted by Gasteiger charge is 2.44. The summed E-state index contributed by atoms with van der Waals surface area (Å²) in [5.41, 5.74) is 1.51. The van der Waals surface area contributed by atoms with Crippen LogP contribution in [0, 0.1) is 0 Å². The molecule has 0 bridgehead atoms. The van der Waals surface area contributed by atoms with Crippen molar-refractivity contribution in [2.75, 3.05) is 46.9 Å². The number of piperidine rings is 1. The molecular formula is C33H37Cl2N3O4. The lowest BCUT2D eigenvalue weighted by atomic mass is 9.72. The number of methoxy groups -OCH3 is 2. The number of carbonyl (C=O) groups excluding carboxylic acids is 2. The number of hydrogen-bond donors (Lipinski definition) is 2. The van der Waals surface area contributed by atoms with E-state index >= 15 is 0 Å². The molecule has 2 amide bonds. The Kier molecular flexibility index (Phi) is 9.31. The van der Waals surface area contributed by atoms with Gasteiger partial charge in [-0.3, -0.25) is 9.59 Å². The first-order valence-electron chi connectivity index (χ1n) is 14.3. The number of amides is 2. The lowest BCUT2D eigenvalue weighted by Crippen LogP contribution is -2.51. The number of carbonyl (C=O) groups is 2. The van der Waals surface area contributed by atoms with Crippen molar-refractivity contribution in [2.24, 2.45) is 0 Å². The van der Waals surface area contributed by atoms with Gasteiger partial charge >= 0.3 is 0 Å². The van der Waals surface area contributed by atoms with Crippen LogP contribution in [0.25, 0.3) is 0 Å². The van der Waals surface area contributed by atoms with Crippen LogP contribution in [0.2, 0.25) is 10.0 Å². The van der Waals surface area contributed by atoms with Gasteiger partial charge in [0.15, 0.2) is 0 Å². The van der Waals surface area contributed by atoms with Crippen molar-refractivity contribution in [2.45, 2.75) is 36.5 Å². The van der Waals surface area contributed by atoms with Gasteiger partial charge in [0.25, 0.3) is 5.91 Å². The van der Waals surface area contributed by atoms with E-state index in [1.54, 1.807) is 38.5 Å². The predicted octanol–water partition coefficient (Wildman–Crippen LogP) is 5.62. The molecule has 3 aromatic carbocycles. The summed E-state index contributed by atoms with van der Waals surface area (Å²) >= 11 is 12.8. The van der Waals surface area contributed by atoms with E-state index in [9.17, 15) is 9.59 Å². The molecule has 42 heavy (non-hydrogen) atoms. The fraction of sp³-hybridized carbons (Fsp3) is 0.394. The largest absolute Gasteiger partial charge is 0.497 e. The van der Waals surface area contributed by atoms with Crippen LogP contribution in [0.3, 0.4) is 0 Å². The molecule has 9 heteroatoms. The molecule has 3 aromatic rings. The van der Waals surface area contributed by atoms with Gasteiger partial charge in [0.1, 0.15) is 11.5 Å². The molecular weight excluding hydrogens is 573 g/mol. The van der Waals surface area contributed by atoms with Gasteiger partial charge in [-0.1, -0.05) is 59.6 Å². The summed E-state index contributed by atoms with van der Waals surface area (Å²) in [6, 6.07) is 21.0. The van der Waals surface area contributed by atoms with Gasteiger partial charge in [-0.05, 0) is 80.2 Å². The van der Waals surface area contributed by atoms with Crippen LogP contribution >= 0.6 is 23.2 Å². The van der Waals surface area contributed by atoms with Crippen molar-refractivity contribution in [3.63, 3.8) is 0 Å². The molecule has 2 saturated heterocycles. The Morgan fingerprint density at radius 1 is 0.905 bits per heavy atom. The second-order valence-electron chi connectivity index (χ2n) is 11.2. The van der Waals surface area contributed by atoms with E-state index in [1.165, 1.54) is 0 Å². The SMILES string of the molecule is COc1ccc(OC)c(C(=O)N2CCC(CCNC(=O)C3(c4ccccc4)CCNCC3)(c3ccc(Cl)c(Cl)c3)C2)c1.